The summed E-state index contributed by atoms with van der Waals surface area (Å²) in [5, 5.41) is 3.20. The Kier molecular flexibility index (Phi) is 5.33. The van der Waals surface area contributed by atoms with Crippen LogP contribution in [0.25, 0.3) is 0 Å². The summed E-state index contributed by atoms with van der Waals surface area (Å²) in [7, 11) is 1.85. The molecule has 1 rings (SSSR count). The van der Waals surface area contributed by atoms with Gasteiger partial charge in [-0.25, -0.2) is 4.98 Å². The first-order valence-corrected chi connectivity index (χ1v) is 6.90. The molecule has 1 aromatic heterocycles. The maximum atomic E-state index is 12.4. The van der Waals surface area contributed by atoms with Crippen LogP contribution >= 0.6 is 0 Å². The zero-order valence-electron chi connectivity index (χ0n) is 12.7. The molecule has 0 bridgehead atoms. The molecular weight excluding hydrogens is 238 g/mol. The number of carbonyl (C=O) groups is 1. The van der Waals surface area contributed by atoms with Crippen molar-refractivity contribution in [3.05, 3.63) is 23.9 Å². The molecule has 0 saturated heterocycles. The highest BCUT2D eigenvalue weighted by Crippen LogP contribution is 2.20. The molecule has 0 aliphatic carbocycles. The predicted octanol–water partition coefficient (Wildman–Crippen LogP) is 3.16. The molecule has 1 amide bonds. The number of amides is 1. The molecular formula is C15H25N3O. The summed E-state index contributed by atoms with van der Waals surface area (Å²) < 4.78 is 0. The lowest BCUT2D eigenvalue weighted by molar-refractivity contribution is 0.0620. The lowest BCUT2D eigenvalue weighted by Gasteiger charge is -2.35. The summed E-state index contributed by atoms with van der Waals surface area (Å²) in [5.74, 6) is 0.796. The molecule has 4 nitrogen and oxygen atoms in total. The Morgan fingerprint density at radius 3 is 2.68 bits per heavy atom. The number of nitrogens with zero attached hydrogens (tertiary/aromatic N) is 2. The Bertz CT molecular complexity index is 429. The topological polar surface area (TPSA) is 45.2 Å². The Balaban J connectivity index is 2.88. The molecule has 4 heteroatoms. The molecule has 0 aromatic carbocycles. The third-order valence-corrected chi connectivity index (χ3v) is 3.64. The number of anilines is 1. The lowest BCUT2D eigenvalue weighted by Crippen LogP contribution is -2.44. The highest BCUT2D eigenvalue weighted by Gasteiger charge is 2.26. The highest BCUT2D eigenvalue weighted by atomic mass is 16.2. The molecule has 0 radical (unpaired) electrons. The monoisotopic (exact) mass is 263 g/mol. The van der Waals surface area contributed by atoms with Gasteiger partial charge in [-0.1, -0.05) is 13.8 Å². The molecule has 1 aromatic rings. The van der Waals surface area contributed by atoms with Crippen LogP contribution in [0.1, 0.15) is 50.9 Å². The fraction of sp³-hybridized carbons (Fsp3) is 0.600. The van der Waals surface area contributed by atoms with E-state index in [1.807, 2.05) is 13.1 Å². The van der Waals surface area contributed by atoms with Crippen molar-refractivity contribution in [1.82, 2.24) is 9.88 Å². The fourth-order valence-electron chi connectivity index (χ4n) is 1.62. The predicted molar refractivity (Wildman–Crippen MR) is 79.5 cm³/mol. The number of hydrogen-bond donors (Lipinski definition) is 1. The smallest absolute Gasteiger partial charge is 0.254 e. The molecule has 106 valence electrons. The Morgan fingerprint density at radius 2 is 2.11 bits per heavy atom. The van der Waals surface area contributed by atoms with Gasteiger partial charge in [0, 0.05) is 30.9 Å². The summed E-state index contributed by atoms with van der Waals surface area (Å²) >= 11 is 0. The normalized spacial score (nSPS) is 11.2. The fourth-order valence-corrected chi connectivity index (χ4v) is 1.62. The Morgan fingerprint density at radius 1 is 1.42 bits per heavy atom. The first kappa shape index (κ1) is 15.5. The van der Waals surface area contributed by atoms with Crippen LogP contribution in [-0.4, -0.2) is 34.9 Å². The minimum Gasteiger partial charge on any atom is -0.370 e. The van der Waals surface area contributed by atoms with Crippen molar-refractivity contribution in [1.29, 1.82) is 0 Å². The third kappa shape index (κ3) is 3.94. The van der Waals surface area contributed by atoms with Gasteiger partial charge in [0.05, 0.1) is 0 Å². The SMILES string of the molecule is CCCNc1cc(C(=O)N(C)C(C)(C)CC)ccn1. The van der Waals surface area contributed by atoms with E-state index >= 15 is 0 Å². The summed E-state index contributed by atoms with van der Waals surface area (Å²) in [6.45, 7) is 9.19. The molecule has 0 unspecified atom stereocenters. The van der Waals surface area contributed by atoms with Crippen molar-refractivity contribution in [2.75, 3.05) is 18.9 Å². The van der Waals surface area contributed by atoms with E-state index in [0.29, 0.717) is 5.56 Å². The van der Waals surface area contributed by atoms with Gasteiger partial charge in [-0.15, -0.1) is 0 Å². The average molecular weight is 263 g/mol. The van der Waals surface area contributed by atoms with Crippen LogP contribution in [0, 0.1) is 0 Å². The molecule has 0 atom stereocenters. The van der Waals surface area contributed by atoms with Crippen molar-refractivity contribution in [3.63, 3.8) is 0 Å². The van der Waals surface area contributed by atoms with Crippen LogP contribution in [0.2, 0.25) is 0 Å². The quantitative estimate of drug-likeness (QED) is 0.857. The van der Waals surface area contributed by atoms with Crippen molar-refractivity contribution in [2.24, 2.45) is 0 Å². The number of nitrogens with one attached hydrogen (secondary N) is 1. The maximum absolute atomic E-state index is 12.4. The van der Waals surface area contributed by atoms with Crippen LogP contribution in [0.5, 0.6) is 0 Å². The minimum atomic E-state index is -0.142. The van der Waals surface area contributed by atoms with Gasteiger partial charge in [0.2, 0.25) is 0 Å². The van der Waals surface area contributed by atoms with Gasteiger partial charge < -0.3 is 10.2 Å². The third-order valence-electron chi connectivity index (χ3n) is 3.64. The standard InChI is InChI=1S/C15H25N3O/c1-6-9-16-13-11-12(8-10-17-13)14(19)18(5)15(3,4)7-2/h8,10-11H,6-7,9H2,1-5H3,(H,16,17). The summed E-state index contributed by atoms with van der Waals surface area (Å²) in [5.41, 5.74) is 0.537. The van der Waals surface area contributed by atoms with Crippen LogP contribution in [-0.2, 0) is 0 Å². The first-order valence-electron chi connectivity index (χ1n) is 6.90. The number of hydrogen-bond acceptors (Lipinski definition) is 3. The van der Waals surface area contributed by atoms with Crippen molar-refractivity contribution in [3.8, 4) is 0 Å². The van der Waals surface area contributed by atoms with E-state index in [-0.39, 0.29) is 11.4 Å². The van der Waals surface area contributed by atoms with Gasteiger partial charge in [-0.2, -0.15) is 0 Å². The van der Waals surface area contributed by atoms with E-state index in [9.17, 15) is 4.79 Å². The molecule has 0 aliphatic heterocycles. The molecule has 0 fully saturated rings. The summed E-state index contributed by atoms with van der Waals surface area (Å²) in [6.07, 6.45) is 3.63. The number of aromatic nitrogens is 1. The van der Waals surface area contributed by atoms with E-state index < -0.39 is 0 Å². The van der Waals surface area contributed by atoms with Crippen molar-refractivity contribution in [2.45, 2.75) is 46.1 Å². The average Bonchev–Trinajstić information content (AvgIpc) is 2.43. The van der Waals surface area contributed by atoms with E-state index in [2.05, 4.69) is 38.0 Å². The first-order chi connectivity index (χ1) is 8.92. The van der Waals surface area contributed by atoms with E-state index in [1.165, 1.54) is 0 Å². The molecule has 0 saturated carbocycles. The zero-order chi connectivity index (χ0) is 14.5. The van der Waals surface area contributed by atoms with E-state index in [0.717, 1.165) is 25.2 Å². The molecule has 0 aliphatic rings. The Labute approximate surface area is 116 Å². The van der Waals surface area contributed by atoms with E-state index in [4.69, 9.17) is 0 Å². The second-order valence-electron chi connectivity index (χ2n) is 5.39. The number of rotatable bonds is 6. The van der Waals surface area contributed by atoms with Crippen LogP contribution in [0.3, 0.4) is 0 Å². The Hall–Kier alpha value is -1.58. The van der Waals surface area contributed by atoms with Crippen LogP contribution in [0.4, 0.5) is 5.82 Å². The van der Waals surface area contributed by atoms with Gasteiger partial charge in [0.25, 0.3) is 5.91 Å². The lowest BCUT2D eigenvalue weighted by atomic mass is 9.99. The second-order valence-corrected chi connectivity index (χ2v) is 5.39. The van der Waals surface area contributed by atoms with Gasteiger partial charge in [0.1, 0.15) is 5.82 Å². The zero-order valence-corrected chi connectivity index (χ0v) is 12.7. The molecule has 1 N–H and O–H groups in total. The molecule has 1 heterocycles. The van der Waals surface area contributed by atoms with Gasteiger partial charge in [-0.05, 0) is 38.8 Å². The molecule has 0 spiro atoms. The van der Waals surface area contributed by atoms with Crippen molar-refractivity contribution >= 4 is 11.7 Å². The van der Waals surface area contributed by atoms with Crippen LogP contribution < -0.4 is 5.32 Å². The van der Waals surface area contributed by atoms with E-state index in [1.54, 1.807) is 17.2 Å². The summed E-state index contributed by atoms with van der Waals surface area (Å²) in [4.78, 5) is 18.5. The number of carbonyl (C=O) groups excluding carboxylic acids is 1. The minimum absolute atomic E-state index is 0.0359. The highest BCUT2D eigenvalue weighted by molar-refractivity contribution is 5.95. The second kappa shape index (κ2) is 6.55. The van der Waals surface area contributed by atoms with Crippen LogP contribution in [0.15, 0.2) is 18.3 Å². The summed E-state index contributed by atoms with van der Waals surface area (Å²) in [6, 6.07) is 3.59. The number of pyridine rings is 1. The van der Waals surface area contributed by atoms with Gasteiger partial charge in [0.15, 0.2) is 0 Å². The molecule has 19 heavy (non-hydrogen) atoms. The van der Waals surface area contributed by atoms with Gasteiger partial charge >= 0.3 is 0 Å². The van der Waals surface area contributed by atoms with Crippen molar-refractivity contribution < 1.29 is 4.79 Å². The largest absolute Gasteiger partial charge is 0.370 e. The maximum Gasteiger partial charge on any atom is 0.254 e. The van der Waals surface area contributed by atoms with Gasteiger partial charge in [-0.3, -0.25) is 4.79 Å².